The first-order valence-electron chi connectivity index (χ1n) is 8.02. The zero-order chi connectivity index (χ0) is 17.6. The number of rotatable bonds is 6. The smallest absolute Gasteiger partial charge is 0.226 e. The van der Waals surface area contributed by atoms with E-state index in [1.807, 2.05) is 31.2 Å². The van der Waals surface area contributed by atoms with Gasteiger partial charge < -0.3 is 10.6 Å². The molecule has 3 aromatic rings. The highest BCUT2D eigenvalue weighted by Gasteiger charge is 2.08. The Labute approximate surface area is 145 Å². The van der Waals surface area contributed by atoms with Crippen LogP contribution in [0.25, 0.3) is 5.69 Å². The van der Waals surface area contributed by atoms with Crippen molar-refractivity contribution in [2.75, 3.05) is 17.2 Å². The van der Waals surface area contributed by atoms with Gasteiger partial charge in [0, 0.05) is 31.0 Å². The molecular formula is C19H19FN4O. The third-order valence-corrected chi connectivity index (χ3v) is 3.71. The van der Waals surface area contributed by atoms with Crippen LogP contribution in [-0.4, -0.2) is 22.2 Å². The Hall–Kier alpha value is -3.15. The lowest BCUT2D eigenvalue weighted by molar-refractivity contribution is -0.115. The summed E-state index contributed by atoms with van der Waals surface area (Å²) in [5.74, 6) is -0.448. The fourth-order valence-electron chi connectivity index (χ4n) is 2.43. The average Bonchev–Trinajstić information content (AvgIpc) is 3.11. The molecule has 0 fully saturated rings. The summed E-state index contributed by atoms with van der Waals surface area (Å²) in [4.78, 5) is 12.0. The lowest BCUT2D eigenvalue weighted by Crippen LogP contribution is -2.17. The van der Waals surface area contributed by atoms with Crippen LogP contribution in [0.2, 0.25) is 0 Å². The number of carbonyl (C=O) groups is 1. The van der Waals surface area contributed by atoms with Gasteiger partial charge in [-0.1, -0.05) is 17.7 Å². The van der Waals surface area contributed by atoms with Crippen LogP contribution < -0.4 is 10.6 Å². The van der Waals surface area contributed by atoms with E-state index < -0.39 is 0 Å². The first-order valence-corrected chi connectivity index (χ1v) is 8.02. The molecule has 5 nitrogen and oxygen atoms in total. The molecule has 1 heterocycles. The maximum Gasteiger partial charge on any atom is 0.226 e. The van der Waals surface area contributed by atoms with Gasteiger partial charge in [0.1, 0.15) is 5.82 Å². The van der Waals surface area contributed by atoms with Crippen molar-refractivity contribution in [1.82, 2.24) is 9.78 Å². The average molecular weight is 338 g/mol. The molecule has 6 heteroatoms. The van der Waals surface area contributed by atoms with E-state index >= 15 is 0 Å². The number of nitrogens with zero attached hydrogens (tertiary/aromatic N) is 2. The molecule has 0 bridgehead atoms. The normalized spacial score (nSPS) is 10.5. The van der Waals surface area contributed by atoms with Crippen molar-refractivity contribution in [1.29, 1.82) is 0 Å². The minimum atomic E-state index is -0.345. The van der Waals surface area contributed by atoms with Gasteiger partial charge in [-0.2, -0.15) is 5.10 Å². The first kappa shape index (κ1) is 16.7. The molecule has 0 radical (unpaired) electrons. The summed E-state index contributed by atoms with van der Waals surface area (Å²) >= 11 is 0. The van der Waals surface area contributed by atoms with Crippen molar-refractivity contribution in [3.05, 3.63) is 72.3 Å². The molecule has 0 saturated heterocycles. The summed E-state index contributed by atoms with van der Waals surface area (Å²) in [5, 5.41) is 10.1. The summed E-state index contributed by atoms with van der Waals surface area (Å²) in [6.45, 7) is 2.38. The summed E-state index contributed by atoms with van der Waals surface area (Å²) in [7, 11) is 0. The van der Waals surface area contributed by atoms with E-state index in [2.05, 4.69) is 15.7 Å². The number of hydrogen-bond acceptors (Lipinski definition) is 3. The zero-order valence-electron chi connectivity index (χ0n) is 13.9. The fraction of sp³-hybridized carbons (Fsp3) is 0.158. The molecule has 3 rings (SSSR count). The lowest BCUT2D eigenvalue weighted by atomic mass is 10.2. The number of carbonyl (C=O) groups excluding carboxylic acids is 1. The van der Waals surface area contributed by atoms with Crippen LogP contribution in [-0.2, 0) is 4.79 Å². The topological polar surface area (TPSA) is 59.0 Å². The number of anilines is 2. The zero-order valence-corrected chi connectivity index (χ0v) is 13.9. The molecule has 25 heavy (non-hydrogen) atoms. The molecule has 0 saturated carbocycles. The Morgan fingerprint density at radius 3 is 2.72 bits per heavy atom. The molecule has 2 N–H and O–H groups in total. The Bertz CT molecular complexity index is 844. The number of benzene rings is 2. The van der Waals surface area contributed by atoms with E-state index in [0.717, 1.165) is 16.9 Å². The maximum atomic E-state index is 13.5. The van der Waals surface area contributed by atoms with Gasteiger partial charge in [0.05, 0.1) is 11.4 Å². The second-order valence-corrected chi connectivity index (χ2v) is 5.70. The van der Waals surface area contributed by atoms with Crippen LogP contribution in [0.5, 0.6) is 0 Å². The number of aromatic nitrogens is 2. The molecular weight excluding hydrogens is 319 g/mol. The molecule has 1 amide bonds. The Kier molecular flexibility index (Phi) is 5.09. The number of hydrogen-bond donors (Lipinski definition) is 2. The van der Waals surface area contributed by atoms with Crippen molar-refractivity contribution in [3.63, 3.8) is 0 Å². The van der Waals surface area contributed by atoms with Gasteiger partial charge in [-0.15, -0.1) is 0 Å². The lowest BCUT2D eigenvalue weighted by Gasteiger charge is -2.12. The van der Waals surface area contributed by atoms with Crippen molar-refractivity contribution in [3.8, 4) is 5.69 Å². The van der Waals surface area contributed by atoms with Gasteiger partial charge in [-0.25, -0.2) is 9.07 Å². The second kappa shape index (κ2) is 7.61. The quantitative estimate of drug-likeness (QED) is 0.719. The molecule has 0 aliphatic rings. The van der Waals surface area contributed by atoms with Crippen LogP contribution in [0.15, 0.2) is 60.9 Å². The van der Waals surface area contributed by atoms with Gasteiger partial charge in [-0.05, 0) is 43.3 Å². The largest absolute Gasteiger partial charge is 0.383 e. The predicted molar refractivity (Wildman–Crippen MR) is 96.4 cm³/mol. The van der Waals surface area contributed by atoms with E-state index in [9.17, 15) is 9.18 Å². The molecule has 0 aliphatic heterocycles. The summed E-state index contributed by atoms with van der Waals surface area (Å²) in [6, 6.07) is 13.8. The fourth-order valence-corrected chi connectivity index (χ4v) is 2.43. The Morgan fingerprint density at radius 1 is 1.20 bits per heavy atom. The maximum absolute atomic E-state index is 13.5. The number of amides is 1. The van der Waals surface area contributed by atoms with Crippen LogP contribution in [0.3, 0.4) is 0 Å². The van der Waals surface area contributed by atoms with Crippen molar-refractivity contribution in [2.24, 2.45) is 0 Å². The summed E-state index contributed by atoms with van der Waals surface area (Å²) < 4.78 is 15.2. The molecule has 1 aromatic heterocycles. The van der Waals surface area contributed by atoms with Gasteiger partial charge >= 0.3 is 0 Å². The highest BCUT2D eigenvalue weighted by atomic mass is 19.1. The highest BCUT2D eigenvalue weighted by molar-refractivity contribution is 5.91. The SMILES string of the molecule is Cc1ccc(NC(=O)CCNc2cc(F)ccc2-n2cccn2)cc1. The van der Waals surface area contributed by atoms with E-state index in [1.54, 1.807) is 29.2 Å². The molecule has 0 spiro atoms. The van der Waals surface area contributed by atoms with Crippen LogP contribution in [0.4, 0.5) is 15.8 Å². The molecule has 0 atom stereocenters. The third-order valence-electron chi connectivity index (χ3n) is 3.71. The molecule has 0 aliphatic carbocycles. The third kappa shape index (κ3) is 4.44. The van der Waals surface area contributed by atoms with E-state index in [1.165, 1.54) is 12.1 Å². The number of nitrogens with one attached hydrogen (secondary N) is 2. The van der Waals surface area contributed by atoms with E-state index in [-0.39, 0.29) is 18.1 Å². The van der Waals surface area contributed by atoms with Crippen LogP contribution in [0.1, 0.15) is 12.0 Å². The van der Waals surface area contributed by atoms with Crippen molar-refractivity contribution >= 4 is 17.3 Å². The standard InChI is InChI=1S/C19H19FN4O/c1-14-3-6-16(7-4-14)23-19(25)9-11-21-17-13-15(20)5-8-18(17)24-12-2-10-22-24/h2-8,10,12-13,21H,9,11H2,1H3,(H,23,25). The minimum absolute atomic E-state index is 0.103. The van der Waals surface area contributed by atoms with Gasteiger partial charge in [-0.3, -0.25) is 4.79 Å². The Morgan fingerprint density at radius 2 is 2.00 bits per heavy atom. The van der Waals surface area contributed by atoms with Gasteiger partial charge in [0.25, 0.3) is 0 Å². The molecule has 128 valence electrons. The predicted octanol–water partition coefficient (Wildman–Crippen LogP) is 3.76. The minimum Gasteiger partial charge on any atom is -0.383 e. The Balaban J connectivity index is 1.59. The highest BCUT2D eigenvalue weighted by Crippen LogP contribution is 2.21. The first-order chi connectivity index (χ1) is 12.1. The number of halogens is 1. The van der Waals surface area contributed by atoms with Crippen LogP contribution >= 0.6 is 0 Å². The molecule has 0 unspecified atom stereocenters. The second-order valence-electron chi connectivity index (χ2n) is 5.70. The molecule has 2 aromatic carbocycles. The van der Waals surface area contributed by atoms with Gasteiger partial charge in [0.2, 0.25) is 5.91 Å². The summed E-state index contributed by atoms with van der Waals surface area (Å²) in [6.07, 6.45) is 3.70. The van der Waals surface area contributed by atoms with Crippen molar-refractivity contribution in [2.45, 2.75) is 13.3 Å². The van der Waals surface area contributed by atoms with Gasteiger partial charge in [0.15, 0.2) is 0 Å². The monoisotopic (exact) mass is 338 g/mol. The number of aryl methyl sites for hydroxylation is 1. The van der Waals surface area contributed by atoms with Crippen molar-refractivity contribution < 1.29 is 9.18 Å². The van der Waals surface area contributed by atoms with E-state index in [4.69, 9.17) is 0 Å². The van der Waals surface area contributed by atoms with E-state index in [0.29, 0.717) is 12.2 Å². The summed E-state index contributed by atoms with van der Waals surface area (Å²) in [5.41, 5.74) is 3.22. The van der Waals surface area contributed by atoms with Crippen LogP contribution in [0, 0.1) is 12.7 Å².